The Bertz CT molecular complexity index is 632. The molecule has 0 N–H and O–H groups in total. The van der Waals surface area contributed by atoms with Crippen LogP contribution >= 0.6 is 0 Å². The molecule has 2 nitrogen and oxygen atoms in total. The van der Waals surface area contributed by atoms with Crippen molar-refractivity contribution < 1.29 is 9.53 Å². The first-order valence-electron chi connectivity index (χ1n) is 7.95. The summed E-state index contributed by atoms with van der Waals surface area (Å²) in [6, 6.07) is 12.0. The Hall–Kier alpha value is -1.83. The molecule has 2 atom stereocenters. The minimum Gasteiger partial charge on any atom is -0.490 e. The van der Waals surface area contributed by atoms with Crippen molar-refractivity contribution in [2.75, 3.05) is 0 Å². The fraction of sp³-hybridized carbons (Fsp3) is 0.421. The van der Waals surface area contributed by atoms with Gasteiger partial charge in [-0.2, -0.15) is 0 Å². The van der Waals surface area contributed by atoms with Gasteiger partial charge < -0.3 is 4.74 Å². The van der Waals surface area contributed by atoms with Crippen molar-refractivity contribution in [3.63, 3.8) is 0 Å². The molecular weight excluding hydrogens is 260 g/mol. The lowest BCUT2D eigenvalue weighted by atomic mass is 9.85. The quantitative estimate of drug-likeness (QED) is 0.738. The molecule has 0 saturated heterocycles. The van der Waals surface area contributed by atoms with Gasteiger partial charge in [0, 0.05) is 0 Å². The number of hydrogen-bond acceptors (Lipinski definition) is 2. The van der Waals surface area contributed by atoms with E-state index >= 15 is 0 Å². The van der Waals surface area contributed by atoms with Crippen LogP contribution in [0, 0.1) is 5.92 Å². The minimum absolute atomic E-state index is 0.253. The number of benzene rings is 2. The van der Waals surface area contributed by atoms with Crippen molar-refractivity contribution in [1.29, 1.82) is 0 Å². The molecule has 2 aromatic rings. The molecule has 1 aliphatic rings. The second-order valence-corrected chi connectivity index (χ2v) is 6.00. The average Bonchev–Trinajstić information content (AvgIpc) is 2.55. The van der Waals surface area contributed by atoms with Crippen molar-refractivity contribution in [3.8, 4) is 5.75 Å². The molecule has 0 radical (unpaired) electrons. The van der Waals surface area contributed by atoms with Gasteiger partial charge in [-0.3, -0.25) is 4.79 Å². The molecule has 0 heterocycles. The number of ether oxygens (including phenoxy) is 1. The van der Waals surface area contributed by atoms with Gasteiger partial charge in [0.25, 0.3) is 0 Å². The molecule has 2 unspecified atom stereocenters. The predicted molar refractivity (Wildman–Crippen MR) is 86.0 cm³/mol. The van der Waals surface area contributed by atoms with E-state index in [1.807, 2.05) is 36.4 Å². The number of fused-ring (bicyclic) bond motifs is 1. The first-order chi connectivity index (χ1) is 10.3. The second-order valence-electron chi connectivity index (χ2n) is 6.00. The summed E-state index contributed by atoms with van der Waals surface area (Å²) in [6.45, 7) is 2.25. The van der Waals surface area contributed by atoms with Gasteiger partial charge in [-0.05, 0) is 42.0 Å². The molecule has 1 saturated carbocycles. The molecular formula is C19H22O2. The van der Waals surface area contributed by atoms with Gasteiger partial charge in [-0.25, -0.2) is 0 Å². The van der Waals surface area contributed by atoms with Gasteiger partial charge in [0.05, 0.1) is 11.7 Å². The molecule has 0 aromatic heterocycles. The third kappa shape index (κ3) is 2.94. The third-order valence-corrected chi connectivity index (χ3v) is 4.65. The molecule has 0 spiro atoms. The number of aldehydes is 1. The summed E-state index contributed by atoms with van der Waals surface area (Å²) < 4.78 is 6.19. The van der Waals surface area contributed by atoms with Crippen LogP contribution in [0.5, 0.6) is 5.75 Å². The lowest BCUT2D eigenvalue weighted by Gasteiger charge is -2.29. The van der Waals surface area contributed by atoms with Crippen molar-refractivity contribution >= 4 is 17.1 Å². The fourth-order valence-corrected chi connectivity index (χ4v) is 3.40. The highest BCUT2D eigenvalue weighted by Gasteiger charge is 2.23. The van der Waals surface area contributed by atoms with Crippen LogP contribution in [0.2, 0.25) is 0 Å². The molecule has 1 fully saturated rings. The fourth-order valence-electron chi connectivity index (χ4n) is 3.40. The molecule has 3 rings (SSSR count). The van der Waals surface area contributed by atoms with Crippen LogP contribution in [0.3, 0.4) is 0 Å². The third-order valence-electron chi connectivity index (χ3n) is 4.65. The minimum atomic E-state index is 0.253. The highest BCUT2D eigenvalue weighted by Crippen LogP contribution is 2.32. The number of carbonyl (C=O) groups is 1. The molecule has 1 aliphatic carbocycles. The summed E-state index contributed by atoms with van der Waals surface area (Å²) in [5.41, 5.74) is 0.687. The number of carbonyl (C=O) groups excluding carboxylic acids is 1. The molecule has 0 amide bonds. The predicted octanol–water partition coefficient (Wildman–Crippen LogP) is 5.00. The number of hydrogen-bond donors (Lipinski definition) is 0. The Morgan fingerprint density at radius 2 is 2.05 bits per heavy atom. The van der Waals surface area contributed by atoms with Crippen LogP contribution in [0.15, 0.2) is 36.4 Å². The molecule has 21 heavy (non-hydrogen) atoms. The molecule has 110 valence electrons. The molecule has 0 aliphatic heterocycles. The van der Waals surface area contributed by atoms with Gasteiger partial charge in [-0.15, -0.1) is 0 Å². The Balaban J connectivity index is 1.88. The van der Waals surface area contributed by atoms with Crippen molar-refractivity contribution in [2.24, 2.45) is 5.92 Å². The van der Waals surface area contributed by atoms with E-state index in [0.717, 1.165) is 41.6 Å². The summed E-state index contributed by atoms with van der Waals surface area (Å²) in [5.74, 6) is 1.51. The summed E-state index contributed by atoms with van der Waals surface area (Å²) in [6.07, 6.45) is 7.16. The zero-order valence-corrected chi connectivity index (χ0v) is 12.5. The van der Waals surface area contributed by atoms with Crippen LogP contribution in [-0.4, -0.2) is 12.4 Å². The van der Waals surface area contributed by atoms with Gasteiger partial charge in [0.2, 0.25) is 0 Å². The maximum atomic E-state index is 11.5. The van der Waals surface area contributed by atoms with E-state index < -0.39 is 0 Å². The lowest BCUT2D eigenvalue weighted by Crippen LogP contribution is -2.25. The summed E-state index contributed by atoms with van der Waals surface area (Å²) in [5, 5.41) is 2.06. The summed E-state index contributed by atoms with van der Waals surface area (Å²) in [4.78, 5) is 11.5. The zero-order valence-electron chi connectivity index (χ0n) is 12.5. The van der Waals surface area contributed by atoms with E-state index in [4.69, 9.17) is 4.74 Å². The van der Waals surface area contributed by atoms with E-state index in [0.29, 0.717) is 5.56 Å². The Kier molecular flexibility index (Phi) is 4.23. The first-order valence-corrected chi connectivity index (χ1v) is 7.95. The molecule has 2 heteroatoms. The van der Waals surface area contributed by atoms with Gasteiger partial charge >= 0.3 is 0 Å². The monoisotopic (exact) mass is 282 g/mol. The van der Waals surface area contributed by atoms with Crippen molar-refractivity contribution in [3.05, 3.63) is 42.0 Å². The van der Waals surface area contributed by atoms with Gasteiger partial charge in [0.1, 0.15) is 5.75 Å². The van der Waals surface area contributed by atoms with E-state index in [1.165, 1.54) is 19.3 Å². The summed E-state index contributed by atoms with van der Waals surface area (Å²) >= 11 is 0. The second kappa shape index (κ2) is 6.30. The maximum absolute atomic E-state index is 11.5. The summed E-state index contributed by atoms with van der Waals surface area (Å²) in [7, 11) is 0. The van der Waals surface area contributed by atoms with Crippen LogP contribution in [-0.2, 0) is 0 Å². The normalized spacial score (nSPS) is 22.1. The van der Waals surface area contributed by atoms with Gasteiger partial charge in [-0.1, -0.05) is 50.1 Å². The molecule has 0 bridgehead atoms. The van der Waals surface area contributed by atoms with Crippen LogP contribution in [0.1, 0.15) is 49.4 Å². The molecule has 2 aromatic carbocycles. The Morgan fingerprint density at radius 3 is 2.86 bits per heavy atom. The number of rotatable bonds is 4. The highest BCUT2D eigenvalue weighted by atomic mass is 16.5. The van der Waals surface area contributed by atoms with E-state index in [2.05, 4.69) is 6.92 Å². The highest BCUT2D eigenvalue weighted by molar-refractivity contribution is 6.00. The van der Waals surface area contributed by atoms with Crippen LogP contribution < -0.4 is 4.74 Å². The SMILES string of the molecule is CCC1CCCC(Oc2ccc3ccccc3c2C=O)C1. The lowest BCUT2D eigenvalue weighted by molar-refractivity contribution is 0.109. The van der Waals surface area contributed by atoms with E-state index in [1.54, 1.807) is 0 Å². The zero-order chi connectivity index (χ0) is 14.7. The first kappa shape index (κ1) is 14.1. The topological polar surface area (TPSA) is 26.3 Å². The maximum Gasteiger partial charge on any atom is 0.154 e. The van der Waals surface area contributed by atoms with Gasteiger partial charge in [0.15, 0.2) is 6.29 Å². The average molecular weight is 282 g/mol. The standard InChI is InChI=1S/C19H22O2/c1-2-14-6-5-8-16(12-14)21-19-11-10-15-7-3-4-9-17(15)18(19)13-20/h3-4,7,9-11,13-14,16H,2,5-6,8,12H2,1H3. The van der Waals surface area contributed by atoms with Crippen LogP contribution in [0.25, 0.3) is 10.8 Å². The van der Waals surface area contributed by atoms with Crippen LogP contribution in [0.4, 0.5) is 0 Å². The van der Waals surface area contributed by atoms with E-state index in [9.17, 15) is 4.79 Å². The Labute approximate surface area is 126 Å². The Morgan fingerprint density at radius 1 is 1.19 bits per heavy atom. The van der Waals surface area contributed by atoms with Crippen molar-refractivity contribution in [1.82, 2.24) is 0 Å². The smallest absolute Gasteiger partial charge is 0.154 e. The van der Waals surface area contributed by atoms with E-state index in [-0.39, 0.29) is 6.10 Å². The van der Waals surface area contributed by atoms with Crippen molar-refractivity contribution in [2.45, 2.75) is 45.1 Å². The largest absolute Gasteiger partial charge is 0.490 e.